The number of hydrogen-bond acceptors (Lipinski definition) is 8. The number of carbonyl (C=O) groups is 3. The zero-order valence-corrected chi connectivity index (χ0v) is 27.3. The monoisotopic (exact) mass is 655 g/mol. The van der Waals surface area contributed by atoms with Gasteiger partial charge in [-0.15, -0.1) is 11.3 Å². The Balaban J connectivity index is 1.42. The predicted molar refractivity (Wildman–Crippen MR) is 173 cm³/mol. The Morgan fingerprint density at radius 3 is 2.76 bits per heavy atom. The first-order valence-electron chi connectivity index (χ1n) is 15.0. The van der Waals surface area contributed by atoms with Gasteiger partial charge in [-0.3, -0.25) is 4.79 Å². The molecule has 0 bridgehead atoms. The summed E-state index contributed by atoms with van der Waals surface area (Å²) in [5, 5.41) is 19.2. The van der Waals surface area contributed by atoms with E-state index >= 15 is 0 Å². The van der Waals surface area contributed by atoms with Gasteiger partial charge >= 0.3 is 12.0 Å². The van der Waals surface area contributed by atoms with Crippen LogP contribution in [-0.2, 0) is 9.59 Å². The average molecular weight is 656 g/mol. The molecule has 5 rings (SSSR count). The Morgan fingerprint density at radius 1 is 1.24 bits per heavy atom. The molecule has 3 heterocycles. The molecule has 2 aliphatic rings. The molecule has 240 valence electrons. The molecule has 0 unspecified atom stereocenters. The summed E-state index contributed by atoms with van der Waals surface area (Å²) in [6, 6.07) is 3.87. The van der Waals surface area contributed by atoms with Crippen molar-refractivity contribution in [3.8, 4) is 22.2 Å². The first-order valence-corrected chi connectivity index (χ1v) is 16.3. The van der Waals surface area contributed by atoms with Crippen molar-refractivity contribution in [3.05, 3.63) is 46.4 Å². The van der Waals surface area contributed by atoms with E-state index in [1.54, 1.807) is 25.2 Å². The summed E-state index contributed by atoms with van der Waals surface area (Å²) in [6.45, 7) is 4.69. The van der Waals surface area contributed by atoms with Crippen molar-refractivity contribution in [3.63, 3.8) is 0 Å². The largest absolute Gasteiger partial charge is 0.495 e. The maximum Gasteiger partial charge on any atom is 0.330 e. The molecule has 0 saturated heterocycles. The molecule has 0 spiro atoms. The maximum absolute atomic E-state index is 13.5. The van der Waals surface area contributed by atoms with Gasteiger partial charge in [0.1, 0.15) is 38.8 Å². The van der Waals surface area contributed by atoms with Crippen molar-refractivity contribution in [2.75, 3.05) is 27.3 Å². The van der Waals surface area contributed by atoms with Crippen molar-refractivity contribution in [1.29, 1.82) is 0 Å². The molecule has 0 radical (unpaired) electrons. The van der Waals surface area contributed by atoms with Gasteiger partial charge in [0.15, 0.2) is 0 Å². The number of rotatable bonds is 8. The molecule has 3 atom stereocenters. The molecule has 1 saturated carbocycles. The summed E-state index contributed by atoms with van der Waals surface area (Å²) in [6.07, 6.45) is 6.64. The fourth-order valence-electron chi connectivity index (χ4n) is 5.32. The Bertz CT molecular complexity index is 1630. The standard InChI is InChI=1S/C32H38ClN5O6S/c1-18(2)23-17-45-29(35-23)22-15-25(20-10-11-24(43-4)26(33)27(20)34-22)44-14-12-21-28(39)37-32(30(40)41)16-19(32)9-7-5-6-8-13-38(3)31(42)36-21/h7,9-11,15,17-19,21H,5-6,8,12-14,16H2,1-4H3,(H,36,42)(H,37,39)(H,40,41)/b9-7-/t19-,21-,32+/m0/s1. The van der Waals surface area contributed by atoms with E-state index in [1.807, 2.05) is 17.5 Å². The van der Waals surface area contributed by atoms with E-state index < -0.39 is 29.5 Å². The van der Waals surface area contributed by atoms with Gasteiger partial charge in [-0.2, -0.15) is 0 Å². The second-order valence-electron chi connectivity index (χ2n) is 11.8. The number of amides is 3. The van der Waals surface area contributed by atoms with E-state index in [2.05, 4.69) is 24.5 Å². The van der Waals surface area contributed by atoms with Crippen molar-refractivity contribution >= 4 is 51.7 Å². The number of hydrogen-bond donors (Lipinski definition) is 3. The lowest BCUT2D eigenvalue weighted by Gasteiger charge is -2.25. The number of fused-ring (bicyclic) bond motifs is 2. The van der Waals surface area contributed by atoms with Crippen molar-refractivity contribution < 1.29 is 29.0 Å². The van der Waals surface area contributed by atoms with Crippen LogP contribution in [0.25, 0.3) is 21.6 Å². The van der Waals surface area contributed by atoms with Crippen LogP contribution in [0.1, 0.15) is 57.6 Å². The number of carbonyl (C=O) groups excluding carboxylic acids is 2. The van der Waals surface area contributed by atoms with Crippen LogP contribution in [0, 0.1) is 5.92 Å². The number of carboxylic acid groups (broad SMARTS) is 1. The molecule has 45 heavy (non-hydrogen) atoms. The normalized spacial score (nSPS) is 23.1. The van der Waals surface area contributed by atoms with E-state index in [0.29, 0.717) is 51.1 Å². The summed E-state index contributed by atoms with van der Waals surface area (Å²) in [7, 11) is 3.20. The third-order valence-corrected chi connectivity index (χ3v) is 9.50. The lowest BCUT2D eigenvalue weighted by molar-refractivity contribution is -0.143. The highest BCUT2D eigenvalue weighted by molar-refractivity contribution is 7.13. The van der Waals surface area contributed by atoms with Gasteiger partial charge < -0.3 is 30.1 Å². The lowest BCUT2D eigenvalue weighted by atomic mass is 10.1. The molecule has 1 aliphatic heterocycles. The molecule has 3 aromatic rings. The molecule has 2 aromatic heterocycles. The number of halogens is 1. The highest BCUT2D eigenvalue weighted by Gasteiger charge is 2.60. The summed E-state index contributed by atoms with van der Waals surface area (Å²) in [5.41, 5.74) is 0.615. The number of urea groups is 1. The first kappa shape index (κ1) is 32.5. The Kier molecular flexibility index (Phi) is 9.83. The molecule has 1 aliphatic carbocycles. The van der Waals surface area contributed by atoms with Crippen LogP contribution >= 0.6 is 22.9 Å². The quantitative estimate of drug-likeness (QED) is 0.265. The Morgan fingerprint density at radius 2 is 2.04 bits per heavy atom. The number of allylic oxidation sites excluding steroid dienone is 1. The van der Waals surface area contributed by atoms with Crippen LogP contribution in [0.4, 0.5) is 4.79 Å². The summed E-state index contributed by atoms with van der Waals surface area (Å²) < 4.78 is 11.7. The van der Waals surface area contributed by atoms with Crippen molar-refractivity contribution in [1.82, 2.24) is 25.5 Å². The number of ether oxygens (including phenoxy) is 2. The minimum absolute atomic E-state index is 0.0306. The van der Waals surface area contributed by atoms with Crippen LogP contribution < -0.4 is 20.1 Å². The molecule has 1 fully saturated rings. The Hall–Kier alpha value is -3.90. The van der Waals surface area contributed by atoms with Gasteiger partial charge in [0.25, 0.3) is 0 Å². The summed E-state index contributed by atoms with van der Waals surface area (Å²) in [5.74, 6) is -0.792. The van der Waals surface area contributed by atoms with E-state index in [9.17, 15) is 19.5 Å². The molecule has 13 heteroatoms. The number of carboxylic acids is 1. The zero-order valence-electron chi connectivity index (χ0n) is 25.8. The molecule has 3 N–H and O–H groups in total. The number of aliphatic carboxylic acids is 1. The minimum atomic E-state index is -1.39. The van der Waals surface area contributed by atoms with E-state index in [-0.39, 0.29) is 24.9 Å². The SMILES string of the molecule is COc1ccc2c(OCC[C@@H]3NC(=O)N(C)CCCC/C=C\[C@H]4C[C@@]4(C(=O)O)NC3=O)cc(-c3nc(C(C)C)cs3)nc2c1Cl. The third kappa shape index (κ3) is 7.01. The van der Waals surface area contributed by atoms with Gasteiger partial charge in [-0.1, -0.05) is 37.6 Å². The highest BCUT2D eigenvalue weighted by Crippen LogP contribution is 2.45. The fourth-order valence-corrected chi connectivity index (χ4v) is 6.55. The van der Waals surface area contributed by atoms with Crippen LogP contribution in [0.15, 0.2) is 35.7 Å². The highest BCUT2D eigenvalue weighted by atomic mass is 35.5. The number of benzene rings is 1. The Labute approximate surface area is 271 Å². The smallest absolute Gasteiger partial charge is 0.330 e. The summed E-state index contributed by atoms with van der Waals surface area (Å²) in [4.78, 5) is 49.8. The molecule has 1 aromatic carbocycles. The predicted octanol–water partition coefficient (Wildman–Crippen LogP) is 5.62. The van der Waals surface area contributed by atoms with Crippen molar-refractivity contribution in [2.45, 2.75) is 63.5 Å². The lowest BCUT2D eigenvalue weighted by Crippen LogP contribution is -2.55. The second kappa shape index (κ2) is 13.6. The maximum atomic E-state index is 13.5. The van der Waals surface area contributed by atoms with Gasteiger partial charge in [0, 0.05) is 42.8 Å². The second-order valence-corrected chi connectivity index (χ2v) is 13.0. The van der Waals surface area contributed by atoms with E-state index in [4.69, 9.17) is 31.0 Å². The number of aromatic nitrogens is 2. The van der Waals surface area contributed by atoms with E-state index in [1.165, 1.54) is 23.3 Å². The van der Waals surface area contributed by atoms with Crippen LogP contribution in [0.3, 0.4) is 0 Å². The van der Waals surface area contributed by atoms with E-state index in [0.717, 1.165) is 25.0 Å². The molecular formula is C32H38ClN5O6S. The molecule has 3 amide bonds. The molecular weight excluding hydrogens is 618 g/mol. The molecule has 11 nitrogen and oxygen atoms in total. The minimum Gasteiger partial charge on any atom is -0.495 e. The first-order chi connectivity index (χ1) is 21.5. The van der Waals surface area contributed by atoms with Gasteiger partial charge in [-0.25, -0.2) is 19.6 Å². The topological polar surface area (TPSA) is 143 Å². The van der Waals surface area contributed by atoms with Crippen molar-refractivity contribution in [2.24, 2.45) is 5.92 Å². The van der Waals surface area contributed by atoms with Gasteiger partial charge in [0.05, 0.1) is 24.9 Å². The average Bonchev–Trinajstić information content (AvgIpc) is 3.47. The van der Waals surface area contributed by atoms with Crippen LogP contribution in [-0.4, -0.2) is 76.8 Å². The summed E-state index contributed by atoms with van der Waals surface area (Å²) >= 11 is 8.15. The van der Waals surface area contributed by atoms with Gasteiger partial charge in [0.2, 0.25) is 5.91 Å². The van der Waals surface area contributed by atoms with Crippen LogP contribution in [0.5, 0.6) is 11.5 Å². The number of thiazole rings is 1. The van der Waals surface area contributed by atoms with Crippen LogP contribution in [0.2, 0.25) is 5.02 Å². The fraction of sp³-hybridized carbons (Fsp3) is 0.469. The number of methoxy groups -OCH3 is 1. The zero-order chi connectivity index (χ0) is 32.3. The number of pyridine rings is 1. The third-order valence-electron chi connectivity index (χ3n) is 8.25. The number of nitrogens with zero attached hydrogens (tertiary/aromatic N) is 3. The number of nitrogens with one attached hydrogen (secondary N) is 2. The van der Waals surface area contributed by atoms with Gasteiger partial charge in [-0.05, 0) is 43.7 Å².